The van der Waals surface area contributed by atoms with Crippen LogP contribution in [0.25, 0.3) is 21.6 Å². The lowest BCUT2D eigenvalue weighted by atomic mass is 9.89. The highest BCUT2D eigenvalue weighted by molar-refractivity contribution is 7.19. The van der Waals surface area contributed by atoms with Gasteiger partial charge in [-0.25, -0.2) is 9.97 Å². The molecule has 27 heavy (non-hydrogen) atoms. The molecule has 4 heterocycles. The molecule has 0 spiro atoms. The minimum Gasteiger partial charge on any atom is -0.376 e. The molecule has 6 heteroatoms. The highest BCUT2D eigenvalue weighted by Gasteiger charge is 2.25. The van der Waals surface area contributed by atoms with Gasteiger partial charge in [-0.1, -0.05) is 6.92 Å². The van der Waals surface area contributed by atoms with Gasteiger partial charge in [0.25, 0.3) is 0 Å². The number of hydrogen-bond acceptors (Lipinski definition) is 6. The second-order valence-corrected chi connectivity index (χ2v) is 8.77. The van der Waals surface area contributed by atoms with Gasteiger partial charge in [0.2, 0.25) is 0 Å². The summed E-state index contributed by atoms with van der Waals surface area (Å²) < 4.78 is 5.80. The number of pyridine rings is 1. The Hall–Kier alpha value is -2.05. The van der Waals surface area contributed by atoms with Gasteiger partial charge < -0.3 is 10.1 Å². The van der Waals surface area contributed by atoms with Crippen molar-refractivity contribution in [2.75, 3.05) is 18.5 Å². The molecule has 0 bridgehead atoms. The fourth-order valence-electron chi connectivity index (χ4n) is 4.11. The number of thiophene rings is 1. The van der Waals surface area contributed by atoms with E-state index in [2.05, 4.69) is 17.2 Å². The molecule has 1 fully saturated rings. The Kier molecular flexibility index (Phi) is 4.53. The molecule has 1 N–H and O–H groups in total. The molecule has 1 aliphatic carbocycles. The van der Waals surface area contributed by atoms with Gasteiger partial charge in [-0.15, -0.1) is 11.3 Å². The van der Waals surface area contributed by atoms with Crippen molar-refractivity contribution in [3.63, 3.8) is 0 Å². The number of rotatable bonds is 4. The smallest absolute Gasteiger partial charge is 0.164 e. The Morgan fingerprint density at radius 3 is 3.07 bits per heavy atom. The molecule has 0 unspecified atom stereocenters. The van der Waals surface area contributed by atoms with Gasteiger partial charge in [-0.3, -0.25) is 4.98 Å². The first-order chi connectivity index (χ1) is 13.3. The summed E-state index contributed by atoms with van der Waals surface area (Å²) in [6.45, 7) is 4.02. The number of aryl methyl sites for hydroxylation is 1. The number of ether oxygens (including phenoxy) is 1. The molecular weight excluding hydrogens is 356 g/mol. The lowest BCUT2D eigenvalue weighted by molar-refractivity contribution is 0.120. The standard InChI is InChI=1S/C21H24N4OS/c1-13-6-7-16-17(10-13)27-21-18(16)20(23-12-15-5-3-9-26-15)24-19(25-21)14-4-2-8-22-11-14/h2,4,8,11,13,15H,3,5-7,9-10,12H2,1H3,(H,23,24,25)/t13-,15+/m1/s1. The van der Waals surface area contributed by atoms with Crippen LogP contribution in [0.5, 0.6) is 0 Å². The summed E-state index contributed by atoms with van der Waals surface area (Å²) in [6, 6.07) is 3.96. The zero-order chi connectivity index (χ0) is 18.2. The minimum absolute atomic E-state index is 0.284. The second-order valence-electron chi connectivity index (χ2n) is 7.69. The fraction of sp³-hybridized carbons (Fsp3) is 0.476. The Balaban J connectivity index is 1.59. The zero-order valence-corrected chi connectivity index (χ0v) is 16.4. The molecule has 140 valence electrons. The predicted molar refractivity (Wildman–Crippen MR) is 109 cm³/mol. The van der Waals surface area contributed by atoms with E-state index in [0.717, 1.165) is 66.8 Å². The minimum atomic E-state index is 0.284. The van der Waals surface area contributed by atoms with Gasteiger partial charge in [0, 0.05) is 36.0 Å². The Morgan fingerprint density at radius 2 is 2.26 bits per heavy atom. The first-order valence-electron chi connectivity index (χ1n) is 9.86. The van der Waals surface area contributed by atoms with Crippen LogP contribution in [0.1, 0.15) is 36.6 Å². The molecule has 0 radical (unpaired) electrons. The third-order valence-electron chi connectivity index (χ3n) is 5.60. The second kappa shape index (κ2) is 7.17. The molecule has 0 amide bonds. The van der Waals surface area contributed by atoms with Crippen LogP contribution in [0.4, 0.5) is 5.82 Å². The van der Waals surface area contributed by atoms with Crippen molar-refractivity contribution in [1.82, 2.24) is 15.0 Å². The van der Waals surface area contributed by atoms with E-state index in [4.69, 9.17) is 14.7 Å². The summed E-state index contributed by atoms with van der Waals surface area (Å²) in [6.07, 6.45) is 9.70. The van der Waals surface area contributed by atoms with E-state index in [1.54, 1.807) is 6.20 Å². The van der Waals surface area contributed by atoms with E-state index in [1.165, 1.54) is 22.2 Å². The molecule has 1 saturated heterocycles. The Morgan fingerprint density at radius 1 is 1.30 bits per heavy atom. The first kappa shape index (κ1) is 17.1. The van der Waals surface area contributed by atoms with Crippen LogP contribution < -0.4 is 5.32 Å². The average molecular weight is 381 g/mol. The van der Waals surface area contributed by atoms with Crippen molar-refractivity contribution in [3.8, 4) is 11.4 Å². The molecule has 5 rings (SSSR count). The Labute approximate surface area is 163 Å². The Bertz CT molecular complexity index is 950. The number of nitrogens with one attached hydrogen (secondary N) is 1. The zero-order valence-electron chi connectivity index (χ0n) is 15.6. The van der Waals surface area contributed by atoms with Gasteiger partial charge >= 0.3 is 0 Å². The largest absolute Gasteiger partial charge is 0.376 e. The topological polar surface area (TPSA) is 59.9 Å². The molecule has 2 aliphatic rings. The van der Waals surface area contributed by atoms with Gasteiger partial charge in [-0.05, 0) is 55.7 Å². The van der Waals surface area contributed by atoms with Crippen molar-refractivity contribution in [2.45, 2.75) is 45.1 Å². The van der Waals surface area contributed by atoms with E-state index in [1.807, 2.05) is 29.7 Å². The molecule has 0 aromatic carbocycles. The van der Waals surface area contributed by atoms with Gasteiger partial charge in [0.15, 0.2) is 5.82 Å². The third-order valence-corrected chi connectivity index (χ3v) is 6.74. The summed E-state index contributed by atoms with van der Waals surface area (Å²) in [7, 11) is 0. The normalized spacial score (nSPS) is 22.1. The predicted octanol–water partition coefficient (Wildman–Crippen LogP) is 4.47. The average Bonchev–Trinajstić information content (AvgIpc) is 3.33. The van der Waals surface area contributed by atoms with E-state index in [-0.39, 0.29) is 6.10 Å². The van der Waals surface area contributed by atoms with E-state index in [9.17, 15) is 0 Å². The van der Waals surface area contributed by atoms with Crippen LogP contribution in [0.2, 0.25) is 0 Å². The lowest BCUT2D eigenvalue weighted by Gasteiger charge is -2.19. The first-order valence-corrected chi connectivity index (χ1v) is 10.7. The maximum Gasteiger partial charge on any atom is 0.164 e. The molecule has 3 aromatic heterocycles. The monoisotopic (exact) mass is 380 g/mol. The number of hydrogen-bond donors (Lipinski definition) is 1. The van der Waals surface area contributed by atoms with E-state index >= 15 is 0 Å². The van der Waals surface area contributed by atoms with Crippen molar-refractivity contribution in [1.29, 1.82) is 0 Å². The summed E-state index contributed by atoms with van der Waals surface area (Å²) in [5, 5.41) is 4.83. The number of aromatic nitrogens is 3. The van der Waals surface area contributed by atoms with E-state index < -0.39 is 0 Å². The maximum absolute atomic E-state index is 5.80. The molecule has 5 nitrogen and oxygen atoms in total. The summed E-state index contributed by atoms with van der Waals surface area (Å²) in [5.74, 6) is 2.46. The van der Waals surface area contributed by atoms with Gasteiger partial charge in [0.1, 0.15) is 10.6 Å². The van der Waals surface area contributed by atoms with Crippen molar-refractivity contribution >= 4 is 27.4 Å². The van der Waals surface area contributed by atoms with Crippen molar-refractivity contribution < 1.29 is 4.74 Å². The van der Waals surface area contributed by atoms with E-state index in [0.29, 0.717) is 0 Å². The van der Waals surface area contributed by atoms with Crippen molar-refractivity contribution in [2.24, 2.45) is 5.92 Å². The van der Waals surface area contributed by atoms with Crippen LogP contribution >= 0.6 is 11.3 Å². The molecule has 3 aromatic rings. The summed E-state index contributed by atoms with van der Waals surface area (Å²) >= 11 is 1.84. The quantitative estimate of drug-likeness (QED) is 0.724. The molecular formula is C21H24N4OS. The number of nitrogens with zero attached hydrogens (tertiary/aromatic N) is 3. The van der Waals surface area contributed by atoms with Crippen molar-refractivity contribution in [3.05, 3.63) is 35.0 Å². The van der Waals surface area contributed by atoms with Crippen LogP contribution in [0, 0.1) is 5.92 Å². The van der Waals surface area contributed by atoms with Gasteiger partial charge in [0.05, 0.1) is 11.5 Å². The van der Waals surface area contributed by atoms with Crippen LogP contribution in [-0.2, 0) is 17.6 Å². The highest BCUT2D eigenvalue weighted by atomic mass is 32.1. The molecule has 2 atom stereocenters. The van der Waals surface area contributed by atoms with Gasteiger partial charge in [-0.2, -0.15) is 0 Å². The third kappa shape index (κ3) is 3.32. The maximum atomic E-state index is 5.80. The highest BCUT2D eigenvalue weighted by Crippen LogP contribution is 2.40. The lowest BCUT2D eigenvalue weighted by Crippen LogP contribution is -2.19. The fourth-order valence-corrected chi connectivity index (χ4v) is 5.49. The molecule has 1 aliphatic heterocycles. The SMILES string of the molecule is C[C@@H]1CCc2c(sc3nc(-c4cccnc4)nc(NC[C@@H]4CCCO4)c23)C1. The summed E-state index contributed by atoms with van der Waals surface area (Å²) in [4.78, 5) is 16.7. The van der Waals surface area contributed by atoms with Crippen LogP contribution in [0.15, 0.2) is 24.5 Å². The summed E-state index contributed by atoms with van der Waals surface area (Å²) in [5.41, 5.74) is 2.42. The number of anilines is 1. The van der Waals surface area contributed by atoms with Crippen LogP contribution in [-0.4, -0.2) is 34.2 Å². The number of fused-ring (bicyclic) bond motifs is 3. The van der Waals surface area contributed by atoms with Crippen LogP contribution in [0.3, 0.4) is 0 Å². The molecule has 0 saturated carbocycles.